The summed E-state index contributed by atoms with van der Waals surface area (Å²) in [6.45, 7) is 1.39. The Morgan fingerprint density at radius 3 is 2.43 bits per heavy atom. The van der Waals surface area contributed by atoms with Crippen LogP contribution in [0.5, 0.6) is 0 Å². The molecule has 1 aromatic heterocycles. The van der Waals surface area contributed by atoms with E-state index in [-0.39, 0.29) is 11.4 Å². The van der Waals surface area contributed by atoms with Gasteiger partial charge in [-0.1, -0.05) is 17.7 Å². The average molecular weight is 328 g/mol. The second kappa shape index (κ2) is 6.43. The molecule has 0 spiro atoms. The molecule has 0 saturated carbocycles. The van der Waals surface area contributed by atoms with Gasteiger partial charge in [0.25, 0.3) is 0 Å². The molecule has 0 aliphatic rings. The lowest BCUT2D eigenvalue weighted by Gasteiger charge is -2.19. The smallest absolute Gasteiger partial charge is 0.243 e. The number of hydrogen-bond acceptors (Lipinski definition) is 4. The first kappa shape index (κ1) is 15.8. The SMILES string of the molecule is Cc1ccc(S(=O)(=O)N(CC(=O)Cl)Cc2ccco2)cc1. The second-order valence-electron chi connectivity index (χ2n) is 4.52. The Labute approximate surface area is 128 Å². The number of aryl methyl sites for hydroxylation is 1. The number of sulfonamides is 1. The second-order valence-corrected chi connectivity index (χ2v) is 6.88. The van der Waals surface area contributed by atoms with Crippen LogP contribution in [0.25, 0.3) is 0 Å². The van der Waals surface area contributed by atoms with E-state index < -0.39 is 21.8 Å². The van der Waals surface area contributed by atoms with Crippen molar-refractivity contribution >= 4 is 26.9 Å². The van der Waals surface area contributed by atoms with Gasteiger partial charge in [0.05, 0.1) is 24.2 Å². The van der Waals surface area contributed by atoms with E-state index in [1.807, 2.05) is 6.92 Å². The Morgan fingerprint density at radius 1 is 1.24 bits per heavy atom. The van der Waals surface area contributed by atoms with Crippen molar-refractivity contribution in [2.24, 2.45) is 0 Å². The number of carbonyl (C=O) groups excluding carboxylic acids is 1. The van der Waals surface area contributed by atoms with Crippen molar-refractivity contribution in [2.75, 3.05) is 6.54 Å². The number of nitrogens with zero attached hydrogens (tertiary/aromatic N) is 1. The Hall–Kier alpha value is -1.63. The lowest BCUT2D eigenvalue weighted by atomic mass is 10.2. The van der Waals surface area contributed by atoms with E-state index >= 15 is 0 Å². The quantitative estimate of drug-likeness (QED) is 0.765. The molecule has 0 amide bonds. The van der Waals surface area contributed by atoms with Crippen LogP contribution in [0.4, 0.5) is 0 Å². The first-order valence-corrected chi connectivity index (χ1v) is 7.99. The number of hydrogen-bond donors (Lipinski definition) is 0. The largest absolute Gasteiger partial charge is 0.468 e. The molecule has 0 unspecified atom stereocenters. The summed E-state index contributed by atoms with van der Waals surface area (Å²) in [6.07, 6.45) is 1.44. The molecule has 0 saturated heterocycles. The van der Waals surface area contributed by atoms with Crippen LogP contribution in [-0.4, -0.2) is 24.5 Å². The minimum atomic E-state index is -3.82. The van der Waals surface area contributed by atoms with Gasteiger partial charge < -0.3 is 4.42 Å². The number of benzene rings is 1. The van der Waals surface area contributed by atoms with E-state index in [0.29, 0.717) is 5.76 Å². The molecule has 1 aromatic carbocycles. The summed E-state index contributed by atoms with van der Waals surface area (Å²) in [4.78, 5) is 11.3. The van der Waals surface area contributed by atoms with Gasteiger partial charge >= 0.3 is 0 Å². The van der Waals surface area contributed by atoms with E-state index in [4.69, 9.17) is 16.0 Å². The summed E-state index contributed by atoms with van der Waals surface area (Å²) in [5.41, 5.74) is 0.944. The van der Waals surface area contributed by atoms with Crippen LogP contribution >= 0.6 is 11.6 Å². The molecule has 0 fully saturated rings. The minimum Gasteiger partial charge on any atom is -0.468 e. The predicted molar refractivity (Wildman–Crippen MR) is 78.3 cm³/mol. The van der Waals surface area contributed by atoms with E-state index in [0.717, 1.165) is 9.87 Å². The molecule has 21 heavy (non-hydrogen) atoms. The molecule has 0 bridgehead atoms. The number of rotatable bonds is 6. The predicted octanol–water partition coefficient (Wildman–Crippen LogP) is 2.54. The van der Waals surface area contributed by atoms with Crippen LogP contribution in [0.2, 0.25) is 0 Å². The number of carbonyl (C=O) groups is 1. The molecule has 1 heterocycles. The molecular formula is C14H14ClNO4S. The van der Waals surface area contributed by atoms with Crippen molar-refractivity contribution in [1.29, 1.82) is 0 Å². The molecule has 0 aliphatic heterocycles. The first-order valence-electron chi connectivity index (χ1n) is 6.17. The van der Waals surface area contributed by atoms with Crippen molar-refractivity contribution in [3.05, 3.63) is 54.0 Å². The van der Waals surface area contributed by atoms with Gasteiger partial charge in [-0.15, -0.1) is 0 Å². The summed E-state index contributed by atoms with van der Waals surface area (Å²) < 4.78 is 31.3. The number of halogens is 1. The maximum absolute atomic E-state index is 12.6. The van der Waals surface area contributed by atoms with Crippen molar-refractivity contribution in [2.45, 2.75) is 18.4 Å². The van der Waals surface area contributed by atoms with Crippen LogP contribution in [0, 0.1) is 6.92 Å². The molecule has 5 nitrogen and oxygen atoms in total. The normalized spacial score (nSPS) is 11.8. The maximum Gasteiger partial charge on any atom is 0.243 e. The van der Waals surface area contributed by atoms with Crippen molar-refractivity contribution < 1.29 is 17.6 Å². The highest BCUT2D eigenvalue weighted by Gasteiger charge is 2.27. The van der Waals surface area contributed by atoms with Crippen LogP contribution in [-0.2, 0) is 21.4 Å². The highest BCUT2D eigenvalue weighted by atomic mass is 35.5. The maximum atomic E-state index is 12.6. The zero-order chi connectivity index (χ0) is 15.5. The van der Waals surface area contributed by atoms with Crippen molar-refractivity contribution in [3.63, 3.8) is 0 Å². The van der Waals surface area contributed by atoms with Gasteiger partial charge in [0, 0.05) is 0 Å². The van der Waals surface area contributed by atoms with Gasteiger partial charge in [0.1, 0.15) is 5.76 Å². The van der Waals surface area contributed by atoms with Crippen LogP contribution < -0.4 is 0 Å². The molecule has 2 rings (SSSR count). The lowest BCUT2D eigenvalue weighted by molar-refractivity contribution is -0.112. The summed E-state index contributed by atoms with van der Waals surface area (Å²) in [5.74, 6) is 0.434. The lowest BCUT2D eigenvalue weighted by Crippen LogP contribution is -2.33. The molecule has 0 N–H and O–H groups in total. The Morgan fingerprint density at radius 2 is 1.90 bits per heavy atom. The van der Waals surface area contributed by atoms with Gasteiger partial charge in [-0.25, -0.2) is 8.42 Å². The summed E-state index contributed by atoms with van der Waals surface area (Å²) >= 11 is 5.36. The zero-order valence-electron chi connectivity index (χ0n) is 11.3. The third-order valence-corrected chi connectivity index (χ3v) is 4.80. The van der Waals surface area contributed by atoms with Gasteiger partial charge in [-0.3, -0.25) is 4.79 Å². The van der Waals surface area contributed by atoms with Gasteiger partial charge in [0.15, 0.2) is 0 Å². The summed E-state index contributed by atoms with van der Waals surface area (Å²) in [6, 6.07) is 9.67. The molecule has 0 atom stereocenters. The topological polar surface area (TPSA) is 67.6 Å². The summed E-state index contributed by atoms with van der Waals surface area (Å²) in [7, 11) is -3.82. The Kier molecular flexibility index (Phi) is 4.82. The standard InChI is InChI=1S/C14H14ClNO4S/c1-11-4-6-13(7-5-11)21(18,19)16(10-14(15)17)9-12-3-2-8-20-12/h2-8H,9-10H2,1H3. The molecule has 0 radical (unpaired) electrons. The average Bonchev–Trinajstić information content (AvgIpc) is 2.91. The van der Waals surface area contributed by atoms with E-state index in [1.165, 1.54) is 18.4 Å². The Bertz CT molecular complexity index is 708. The van der Waals surface area contributed by atoms with Crippen molar-refractivity contribution in [3.8, 4) is 0 Å². The molecule has 112 valence electrons. The van der Waals surface area contributed by atoms with Gasteiger partial charge in [0.2, 0.25) is 15.3 Å². The van der Waals surface area contributed by atoms with Crippen LogP contribution in [0.15, 0.2) is 52.0 Å². The minimum absolute atomic E-state index is 0.0539. The van der Waals surface area contributed by atoms with Crippen molar-refractivity contribution in [1.82, 2.24) is 4.31 Å². The third kappa shape index (κ3) is 3.93. The van der Waals surface area contributed by atoms with Crippen LogP contribution in [0.1, 0.15) is 11.3 Å². The van der Waals surface area contributed by atoms with Gasteiger partial charge in [-0.05, 0) is 42.8 Å². The fourth-order valence-electron chi connectivity index (χ4n) is 1.80. The first-order chi connectivity index (χ1) is 9.89. The fraction of sp³-hybridized carbons (Fsp3) is 0.214. The third-order valence-electron chi connectivity index (χ3n) is 2.87. The molecule has 7 heteroatoms. The molecular weight excluding hydrogens is 314 g/mol. The monoisotopic (exact) mass is 327 g/mol. The van der Waals surface area contributed by atoms with E-state index in [1.54, 1.807) is 24.3 Å². The fourth-order valence-corrected chi connectivity index (χ4v) is 3.38. The molecule has 0 aliphatic carbocycles. The number of furan rings is 1. The van der Waals surface area contributed by atoms with Crippen LogP contribution in [0.3, 0.4) is 0 Å². The molecule has 2 aromatic rings. The van der Waals surface area contributed by atoms with E-state index in [9.17, 15) is 13.2 Å². The highest BCUT2D eigenvalue weighted by molar-refractivity contribution is 7.89. The zero-order valence-corrected chi connectivity index (χ0v) is 12.9. The Balaban J connectivity index is 2.34. The highest BCUT2D eigenvalue weighted by Crippen LogP contribution is 2.19. The summed E-state index contributed by atoms with van der Waals surface area (Å²) in [5, 5.41) is -0.753. The van der Waals surface area contributed by atoms with E-state index in [2.05, 4.69) is 0 Å². The van der Waals surface area contributed by atoms with Gasteiger partial charge in [-0.2, -0.15) is 4.31 Å².